The van der Waals surface area contributed by atoms with Crippen LogP contribution >= 0.6 is 11.6 Å². The molecule has 0 aliphatic carbocycles. The third-order valence-electron chi connectivity index (χ3n) is 4.79. The minimum Gasteiger partial charge on any atom is -0.494 e. The van der Waals surface area contributed by atoms with Crippen LogP contribution in [0.2, 0.25) is 5.02 Å². The van der Waals surface area contributed by atoms with E-state index >= 15 is 0 Å². The lowest BCUT2D eigenvalue weighted by molar-refractivity contribution is 0.101. The van der Waals surface area contributed by atoms with Gasteiger partial charge in [-0.3, -0.25) is 14.6 Å². The van der Waals surface area contributed by atoms with Crippen LogP contribution in [0.25, 0.3) is 5.69 Å². The monoisotopic (exact) mass is 462 g/mol. The second kappa shape index (κ2) is 9.49. The maximum Gasteiger partial charge on any atom is 0.278 e. The number of pyridine rings is 1. The first-order chi connectivity index (χ1) is 16.0. The van der Waals surface area contributed by atoms with Gasteiger partial charge in [0.05, 0.1) is 29.7 Å². The number of hydrogen-bond donors (Lipinski definition) is 2. The van der Waals surface area contributed by atoms with Gasteiger partial charge in [0, 0.05) is 29.2 Å². The molecule has 2 aromatic heterocycles. The molecule has 0 fully saturated rings. The van der Waals surface area contributed by atoms with Gasteiger partial charge < -0.3 is 15.4 Å². The van der Waals surface area contributed by atoms with E-state index in [9.17, 15) is 9.59 Å². The Kier molecular flexibility index (Phi) is 6.32. The highest BCUT2D eigenvalue weighted by molar-refractivity contribution is 6.30. The molecule has 9 nitrogen and oxygen atoms in total. The first kappa shape index (κ1) is 22.0. The number of rotatable bonds is 6. The molecule has 0 aliphatic heterocycles. The van der Waals surface area contributed by atoms with Crippen LogP contribution < -0.4 is 15.4 Å². The number of hydrogen-bond acceptors (Lipinski definition) is 6. The molecule has 4 aromatic rings. The number of ether oxygens (including phenoxy) is 1. The summed E-state index contributed by atoms with van der Waals surface area (Å²) in [6.07, 6.45) is 3.05. The smallest absolute Gasteiger partial charge is 0.278 e. The largest absolute Gasteiger partial charge is 0.494 e. The van der Waals surface area contributed by atoms with Crippen molar-refractivity contribution in [2.24, 2.45) is 0 Å². The summed E-state index contributed by atoms with van der Waals surface area (Å²) in [7, 11) is 1.47. The predicted molar refractivity (Wildman–Crippen MR) is 124 cm³/mol. The Morgan fingerprint density at radius 2 is 1.88 bits per heavy atom. The van der Waals surface area contributed by atoms with Crippen molar-refractivity contribution in [3.8, 4) is 11.4 Å². The molecule has 0 saturated carbocycles. The molecule has 2 aromatic carbocycles. The molecule has 2 amide bonds. The SMILES string of the molecule is COc1cc(NC(=O)c2nnn(-c3cccc(Cl)c3)c2C)ccc1NC(=O)c1cccnc1. The predicted octanol–water partition coefficient (Wildman–Crippen LogP) is 4.14. The first-order valence-corrected chi connectivity index (χ1v) is 10.2. The van der Waals surface area contributed by atoms with E-state index in [-0.39, 0.29) is 11.6 Å². The van der Waals surface area contributed by atoms with Crippen LogP contribution in [0.15, 0.2) is 67.0 Å². The molecule has 0 unspecified atom stereocenters. The minimum atomic E-state index is -0.435. The van der Waals surface area contributed by atoms with Crippen molar-refractivity contribution in [1.29, 1.82) is 0 Å². The van der Waals surface area contributed by atoms with Crippen LogP contribution in [0, 0.1) is 6.92 Å². The number of carbonyl (C=O) groups is 2. The first-order valence-electron chi connectivity index (χ1n) is 9.85. The molecule has 0 spiro atoms. The molecule has 0 atom stereocenters. The zero-order valence-corrected chi connectivity index (χ0v) is 18.5. The number of aromatic nitrogens is 4. The molecule has 2 N–H and O–H groups in total. The van der Waals surface area contributed by atoms with E-state index in [1.54, 1.807) is 66.3 Å². The fourth-order valence-electron chi connectivity index (χ4n) is 3.15. The topological polar surface area (TPSA) is 111 Å². The highest BCUT2D eigenvalue weighted by atomic mass is 35.5. The Hall–Kier alpha value is -4.24. The fourth-order valence-corrected chi connectivity index (χ4v) is 3.33. The summed E-state index contributed by atoms with van der Waals surface area (Å²) in [5, 5.41) is 14.2. The van der Waals surface area contributed by atoms with Crippen LogP contribution in [0.5, 0.6) is 5.75 Å². The van der Waals surface area contributed by atoms with Crippen molar-refractivity contribution >= 4 is 34.8 Å². The van der Waals surface area contributed by atoms with Crippen molar-refractivity contribution in [2.75, 3.05) is 17.7 Å². The Morgan fingerprint density at radius 1 is 1.03 bits per heavy atom. The van der Waals surface area contributed by atoms with Crippen LogP contribution in [-0.2, 0) is 0 Å². The number of amides is 2. The minimum absolute atomic E-state index is 0.169. The molecular formula is C23H19ClN6O3. The Labute approximate surface area is 194 Å². The van der Waals surface area contributed by atoms with E-state index in [0.717, 1.165) is 0 Å². The lowest BCUT2D eigenvalue weighted by Crippen LogP contribution is -2.15. The summed E-state index contributed by atoms with van der Waals surface area (Å²) in [5.41, 5.74) is 2.75. The molecule has 166 valence electrons. The van der Waals surface area contributed by atoms with E-state index in [1.165, 1.54) is 13.3 Å². The Balaban J connectivity index is 1.51. The van der Waals surface area contributed by atoms with E-state index in [1.807, 2.05) is 6.07 Å². The molecule has 0 bridgehead atoms. The van der Waals surface area contributed by atoms with Gasteiger partial charge in [-0.05, 0) is 49.4 Å². The van der Waals surface area contributed by atoms with Gasteiger partial charge in [-0.15, -0.1) is 5.10 Å². The number of benzene rings is 2. The molecule has 0 radical (unpaired) electrons. The van der Waals surface area contributed by atoms with Gasteiger partial charge >= 0.3 is 0 Å². The number of methoxy groups -OCH3 is 1. The molecule has 0 saturated heterocycles. The Bertz CT molecular complexity index is 1320. The second-order valence-electron chi connectivity index (χ2n) is 6.98. The van der Waals surface area contributed by atoms with Gasteiger partial charge in [0.15, 0.2) is 5.69 Å². The van der Waals surface area contributed by atoms with Crippen molar-refractivity contribution in [3.05, 3.63) is 89.0 Å². The van der Waals surface area contributed by atoms with Gasteiger partial charge in [-0.25, -0.2) is 4.68 Å². The van der Waals surface area contributed by atoms with Crippen molar-refractivity contribution in [3.63, 3.8) is 0 Å². The van der Waals surface area contributed by atoms with E-state index in [0.29, 0.717) is 39.1 Å². The van der Waals surface area contributed by atoms with Gasteiger partial charge in [-0.2, -0.15) is 0 Å². The van der Waals surface area contributed by atoms with Crippen LogP contribution in [0.4, 0.5) is 11.4 Å². The zero-order chi connectivity index (χ0) is 23.4. The quantitative estimate of drug-likeness (QED) is 0.445. The Morgan fingerprint density at radius 3 is 2.61 bits per heavy atom. The standard InChI is InChI=1S/C23H19ClN6O3/c1-14-21(28-29-30(14)18-7-3-6-16(24)11-18)23(32)26-17-8-9-19(20(12-17)33-2)27-22(31)15-5-4-10-25-13-15/h3-13H,1-2H3,(H,26,32)(H,27,31). The highest BCUT2D eigenvalue weighted by Gasteiger charge is 2.19. The average molecular weight is 463 g/mol. The summed E-state index contributed by atoms with van der Waals surface area (Å²) >= 11 is 6.05. The summed E-state index contributed by atoms with van der Waals surface area (Å²) in [5.74, 6) is -0.384. The zero-order valence-electron chi connectivity index (χ0n) is 17.7. The molecule has 33 heavy (non-hydrogen) atoms. The maximum atomic E-state index is 12.8. The summed E-state index contributed by atoms with van der Waals surface area (Å²) in [4.78, 5) is 29.2. The van der Waals surface area contributed by atoms with Crippen molar-refractivity contribution < 1.29 is 14.3 Å². The average Bonchev–Trinajstić information content (AvgIpc) is 3.22. The van der Waals surface area contributed by atoms with Crippen LogP contribution in [0.3, 0.4) is 0 Å². The molecule has 4 rings (SSSR count). The van der Waals surface area contributed by atoms with E-state index in [4.69, 9.17) is 16.3 Å². The normalized spacial score (nSPS) is 10.5. The van der Waals surface area contributed by atoms with Crippen molar-refractivity contribution in [1.82, 2.24) is 20.0 Å². The third kappa shape index (κ3) is 4.83. The summed E-state index contributed by atoms with van der Waals surface area (Å²) in [6.45, 7) is 1.74. The lowest BCUT2D eigenvalue weighted by atomic mass is 10.2. The number of nitrogens with zero attached hydrogens (tertiary/aromatic N) is 4. The van der Waals surface area contributed by atoms with Crippen molar-refractivity contribution in [2.45, 2.75) is 6.92 Å². The van der Waals surface area contributed by atoms with Crippen LogP contribution in [0.1, 0.15) is 26.5 Å². The van der Waals surface area contributed by atoms with Gasteiger partial charge in [0.25, 0.3) is 11.8 Å². The van der Waals surface area contributed by atoms with E-state index in [2.05, 4.69) is 25.9 Å². The fraction of sp³-hybridized carbons (Fsp3) is 0.0870. The third-order valence-corrected chi connectivity index (χ3v) is 5.03. The summed E-state index contributed by atoms with van der Waals surface area (Å²) in [6, 6.07) is 15.3. The molecular weight excluding hydrogens is 444 g/mol. The second-order valence-corrected chi connectivity index (χ2v) is 7.42. The molecule has 2 heterocycles. The van der Waals surface area contributed by atoms with Gasteiger partial charge in [0.1, 0.15) is 5.75 Å². The molecule has 10 heteroatoms. The van der Waals surface area contributed by atoms with Gasteiger partial charge in [0.2, 0.25) is 0 Å². The van der Waals surface area contributed by atoms with Gasteiger partial charge in [-0.1, -0.05) is 22.9 Å². The lowest BCUT2D eigenvalue weighted by Gasteiger charge is -2.12. The molecule has 0 aliphatic rings. The van der Waals surface area contributed by atoms with E-state index < -0.39 is 5.91 Å². The highest BCUT2D eigenvalue weighted by Crippen LogP contribution is 2.29. The number of nitrogens with one attached hydrogen (secondary N) is 2. The number of carbonyl (C=O) groups excluding carboxylic acids is 2. The maximum absolute atomic E-state index is 12.8. The number of halogens is 1. The number of anilines is 2. The van der Waals surface area contributed by atoms with Crippen LogP contribution in [-0.4, -0.2) is 38.9 Å². The summed E-state index contributed by atoms with van der Waals surface area (Å²) < 4.78 is 6.92.